The molecule has 2 aromatic carbocycles. The summed E-state index contributed by atoms with van der Waals surface area (Å²) in [7, 11) is 0. The summed E-state index contributed by atoms with van der Waals surface area (Å²) in [4.78, 5) is 15.7. The van der Waals surface area contributed by atoms with Crippen LogP contribution in [0, 0.1) is 0 Å². The molecule has 0 aliphatic rings. The lowest BCUT2D eigenvalue weighted by atomic mass is 10.0. The van der Waals surface area contributed by atoms with Gasteiger partial charge in [0, 0.05) is 11.1 Å². The maximum atomic E-state index is 11.4. The van der Waals surface area contributed by atoms with E-state index in [1.807, 2.05) is 48.5 Å². The van der Waals surface area contributed by atoms with E-state index in [4.69, 9.17) is 5.73 Å². The van der Waals surface area contributed by atoms with Crippen molar-refractivity contribution >= 4 is 28.2 Å². The number of carbonyl (C=O) groups excluding carboxylic acids is 1. The van der Waals surface area contributed by atoms with E-state index >= 15 is 0 Å². The van der Waals surface area contributed by atoms with Gasteiger partial charge in [0.25, 0.3) is 0 Å². The lowest BCUT2D eigenvalue weighted by molar-refractivity contribution is -0.111. The number of nitrogens with two attached hydrogens (primary N) is 1. The molecular weight excluding hydrogens is 274 g/mol. The molecule has 108 valence electrons. The number of rotatable bonds is 3. The fraction of sp³-hybridized carbons (Fsp3) is 0. The van der Waals surface area contributed by atoms with Crippen LogP contribution in [0.15, 0.2) is 67.4 Å². The third kappa shape index (κ3) is 2.81. The Morgan fingerprint density at radius 1 is 1.14 bits per heavy atom. The molecule has 1 heterocycles. The number of hydrogen-bond donors (Lipinski definition) is 2. The zero-order valence-corrected chi connectivity index (χ0v) is 11.9. The Kier molecular flexibility index (Phi) is 3.58. The number of anilines is 2. The summed E-state index contributed by atoms with van der Waals surface area (Å²) >= 11 is 0. The maximum Gasteiger partial charge on any atom is 0.247 e. The number of nitrogens with zero attached hydrogens (tertiary/aromatic N) is 1. The zero-order chi connectivity index (χ0) is 15.5. The molecule has 0 saturated heterocycles. The molecule has 3 rings (SSSR count). The van der Waals surface area contributed by atoms with E-state index in [9.17, 15) is 4.79 Å². The van der Waals surface area contributed by atoms with Crippen molar-refractivity contribution in [2.24, 2.45) is 0 Å². The van der Waals surface area contributed by atoms with Crippen LogP contribution in [0.4, 0.5) is 11.4 Å². The number of hydrogen-bond acceptors (Lipinski definition) is 3. The van der Waals surface area contributed by atoms with Crippen molar-refractivity contribution in [3.63, 3.8) is 0 Å². The minimum Gasteiger partial charge on any atom is -0.397 e. The van der Waals surface area contributed by atoms with Crippen LogP contribution in [0.3, 0.4) is 0 Å². The first kappa shape index (κ1) is 13.8. The Hall–Kier alpha value is -3.14. The highest BCUT2D eigenvalue weighted by atomic mass is 16.1. The minimum absolute atomic E-state index is 0.229. The van der Waals surface area contributed by atoms with E-state index < -0.39 is 0 Å². The quantitative estimate of drug-likeness (QED) is 0.724. The van der Waals surface area contributed by atoms with Gasteiger partial charge in [-0.3, -0.25) is 9.78 Å². The number of benzene rings is 2. The van der Waals surface area contributed by atoms with Gasteiger partial charge in [-0.1, -0.05) is 24.8 Å². The lowest BCUT2D eigenvalue weighted by Crippen LogP contribution is -2.06. The molecule has 0 fully saturated rings. The second-order valence-electron chi connectivity index (χ2n) is 4.95. The SMILES string of the molecule is C=CC(=O)Nc1cccc(-c2ccc3ncc(N)cc3c2)c1. The molecule has 4 heteroatoms. The predicted octanol–water partition coefficient (Wildman–Crippen LogP) is 3.61. The van der Waals surface area contributed by atoms with Gasteiger partial charge in [-0.25, -0.2) is 0 Å². The lowest BCUT2D eigenvalue weighted by Gasteiger charge is -2.07. The van der Waals surface area contributed by atoms with Gasteiger partial charge in [-0.15, -0.1) is 0 Å². The van der Waals surface area contributed by atoms with Crippen molar-refractivity contribution in [1.82, 2.24) is 4.98 Å². The summed E-state index contributed by atoms with van der Waals surface area (Å²) in [5.74, 6) is -0.229. The number of nitrogens with one attached hydrogen (secondary N) is 1. The molecule has 1 aromatic heterocycles. The Morgan fingerprint density at radius 3 is 2.77 bits per heavy atom. The van der Waals surface area contributed by atoms with Crippen LogP contribution in [0.1, 0.15) is 0 Å². The van der Waals surface area contributed by atoms with Crippen molar-refractivity contribution in [2.75, 3.05) is 11.1 Å². The maximum absolute atomic E-state index is 11.4. The van der Waals surface area contributed by atoms with Crippen molar-refractivity contribution in [2.45, 2.75) is 0 Å². The second kappa shape index (κ2) is 5.69. The molecular formula is C18H15N3O. The van der Waals surface area contributed by atoms with Gasteiger partial charge in [-0.05, 0) is 47.5 Å². The first-order valence-corrected chi connectivity index (χ1v) is 6.85. The summed E-state index contributed by atoms with van der Waals surface area (Å²) < 4.78 is 0. The molecule has 4 nitrogen and oxygen atoms in total. The molecule has 22 heavy (non-hydrogen) atoms. The van der Waals surface area contributed by atoms with Gasteiger partial charge < -0.3 is 11.1 Å². The molecule has 0 radical (unpaired) electrons. The van der Waals surface area contributed by atoms with Crippen molar-refractivity contribution in [3.8, 4) is 11.1 Å². The molecule has 0 unspecified atom stereocenters. The van der Waals surface area contributed by atoms with Gasteiger partial charge >= 0.3 is 0 Å². The van der Waals surface area contributed by atoms with Crippen LogP contribution in [0.2, 0.25) is 0 Å². The number of pyridine rings is 1. The number of nitrogen functional groups attached to an aromatic ring is 1. The predicted molar refractivity (Wildman–Crippen MR) is 90.4 cm³/mol. The summed E-state index contributed by atoms with van der Waals surface area (Å²) in [6.07, 6.45) is 2.89. The highest BCUT2D eigenvalue weighted by Gasteiger charge is 2.03. The van der Waals surface area contributed by atoms with Gasteiger partial charge in [0.15, 0.2) is 0 Å². The second-order valence-corrected chi connectivity index (χ2v) is 4.95. The van der Waals surface area contributed by atoms with E-state index in [0.29, 0.717) is 5.69 Å². The third-order valence-corrected chi connectivity index (χ3v) is 3.35. The van der Waals surface area contributed by atoms with Crippen LogP contribution in [0.25, 0.3) is 22.0 Å². The van der Waals surface area contributed by atoms with Crippen LogP contribution >= 0.6 is 0 Å². The Bertz CT molecular complexity index is 871. The monoisotopic (exact) mass is 289 g/mol. The number of aromatic nitrogens is 1. The summed E-state index contributed by atoms with van der Waals surface area (Å²) in [5.41, 5.74) is 10.1. The molecule has 0 saturated carbocycles. The summed E-state index contributed by atoms with van der Waals surface area (Å²) in [6.45, 7) is 3.45. The Balaban J connectivity index is 2.01. The first-order valence-electron chi connectivity index (χ1n) is 6.85. The number of fused-ring (bicyclic) bond motifs is 1. The average molecular weight is 289 g/mol. The normalized spacial score (nSPS) is 10.4. The summed E-state index contributed by atoms with van der Waals surface area (Å²) in [6, 6.07) is 15.5. The van der Waals surface area contributed by atoms with Crippen molar-refractivity contribution < 1.29 is 4.79 Å². The number of carbonyl (C=O) groups is 1. The van der Waals surface area contributed by atoms with E-state index in [1.165, 1.54) is 6.08 Å². The largest absolute Gasteiger partial charge is 0.397 e. The van der Waals surface area contributed by atoms with Crippen LogP contribution in [-0.4, -0.2) is 10.9 Å². The molecule has 0 bridgehead atoms. The molecule has 3 N–H and O–H groups in total. The molecule has 1 amide bonds. The standard InChI is InChI=1S/C18H15N3O/c1-2-18(22)21-16-5-3-4-12(10-16)13-6-7-17-14(8-13)9-15(19)11-20-17/h2-11H,1,19H2,(H,21,22). The highest BCUT2D eigenvalue weighted by Crippen LogP contribution is 2.26. The first-order chi connectivity index (χ1) is 10.7. The van der Waals surface area contributed by atoms with E-state index in [2.05, 4.69) is 16.9 Å². The molecule has 3 aromatic rings. The van der Waals surface area contributed by atoms with Crippen LogP contribution in [-0.2, 0) is 4.79 Å². The average Bonchev–Trinajstić information content (AvgIpc) is 2.54. The molecule has 0 aliphatic carbocycles. The highest BCUT2D eigenvalue weighted by molar-refractivity contribution is 5.99. The van der Waals surface area contributed by atoms with E-state index in [1.54, 1.807) is 6.20 Å². The fourth-order valence-corrected chi connectivity index (χ4v) is 2.30. The van der Waals surface area contributed by atoms with Gasteiger partial charge in [0.2, 0.25) is 5.91 Å². The van der Waals surface area contributed by atoms with Crippen LogP contribution in [0.5, 0.6) is 0 Å². The fourth-order valence-electron chi connectivity index (χ4n) is 2.30. The Morgan fingerprint density at radius 2 is 1.95 bits per heavy atom. The molecule has 0 aliphatic heterocycles. The van der Waals surface area contributed by atoms with Gasteiger partial charge in [0.1, 0.15) is 0 Å². The van der Waals surface area contributed by atoms with Crippen molar-refractivity contribution in [1.29, 1.82) is 0 Å². The van der Waals surface area contributed by atoms with Crippen molar-refractivity contribution in [3.05, 3.63) is 67.4 Å². The number of amides is 1. The van der Waals surface area contributed by atoms with Crippen LogP contribution < -0.4 is 11.1 Å². The minimum atomic E-state index is -0.229. The third-order valence-electron chi connectivity index (χ3n) is 3.35. The van der Waals surface area contributed by atoms with Gasteiger partial charge in [0.05, 0.1) is 17.4 Å². The van der Waals surface area contributed by atoms with E-state index in [0.717, 1.165) is 27.7 Å². The summed E-state index contributed by atoms with van der Waals surface area (Å²) in [5, 5.41) is 3.74. The zero-order valence-electron chi connectivity index (χ0n) is 11.9. The molecule has 0 atom stereocenters. The molecule has 0 spiro atoms. The van der Waals surface area contributed by atoms with E-state index in [-0.39, 0.29) is 5.91 Å². The topological polar surface area (TPSA) is 68.0 Å². The smallest absolute Gasteiger partial charge is 0.247 e. The van der Waals surface area contributed by atoms with Gasteiger partial charge in [-0.2, -0.15) is 0 Å². The Labute approximate surface area is 128 Å².